The van der Waals surface area contributed by atoms with Crippen molar-refractivity contribution in [1.29, 1.82) is 0 Å². The van der Waals surface area contributed by atoms with E-state index in [-0.39, 0.29) is 22.3 Å². The standard InChI is InChI=1S/C35H36ClNO3S.C18H28O3S/c1-34(2,40)30-9-4-3-7-25(30)13-17-32(41-23-35(18-19-35)22-33(38)39)27-8-5-6-24(20-27)10-15-29-16-12-26-11-14-28(36)21-31(26)37-29;1-3-4-5-6-7-8-11-22(19)15(2)12-16-9-10-17-18(13-16)21-14-20-17/h3-12,14-16,20-21,32,40H,13,17-19,22-23H2,1-2H3,(H,38,39);9-10,13,15H,3-8,11-12,14H2,1-2H3/b15-10+;/t32-;/m1./s1. The Kier molecular flexibility index (Phi) is 17.8. The molecule has 63 heavy (non-hydrogen) atoms. The Morgan fingerprint density at radius 3 is 2.46 bits per heavy atom. The third-order valence-electron chi connectivity index (χ3n) is 11.9. The predicted molar refractivity (Wildman–Crippen MR) is 263 cm³/mol. The van der Waals surface area contributed by atoms with Crippen molar-refractivity contribution in [3.63, 3.8) is 0 Å². The van der Waals surface area contributed by atoms with Crippen molar-refractivity contribution in [2.75, 3.05) is 18.3 Å². The summed E-state index contributed by atoms with van der Waals surface area (Å²) in [4.78, 5) is 16.2. The van der Waals surface area contributed by atoms with Crippen LogP contribution in [-0.4, -0.2) is 48.9 Å². The van der Waals surface area contributed by atoms with Gasteiger partial charge in [-0.15, -0.1) is 0 Å². The maximum atomic E-state index is 12.3. The fourth-order valence-electron chi connectivity index (χ4n) is 8.08. The van der Waals surface area contributed by atoms with E-state index < -0.39 is 22.4 Å². The van der Waals surface area contributed by atoms with Gasteiger partial charge in [-0.05, 0) is 122 Å². The number of halogens is 1. The largest absolute Gasteiger partial charge is 0.481 e. The van der Waals surface area contributed by atoms with Crippen LogP contribution < -0.4 is 9.47 Å². The van der Waals surface area contributed by atoms with Crippen LogP contribution in [0.4, 0.5) is 0 Å². The summed E-state index contributed by atoms with van der Waals surface area (Å²) in [5.74, 6) is 2.57. The molecule has 1 aromatic heterocycles. The van der Waals surface area contributed by atoms with E-state index in [0.29, 0.717) is 11.8 Å². The van der Waals surface area contributed by atoms with E-state index in [1.165, 1.54) is 43.2 Å². The molecule has 0 amide bonds. The van der Waals surface area contributed by atoms with Crippen LogP contribution in [-0.2, 0) is 34.0 Å². The van der Waals surface area contributed by atoms with Gasteiger partial charge in [-0.25, -0.2) is 4.98 Å². The summed E-state index contributed by atoms with van der Waals surface area (Å²) in [6, 6.07) is 32.5. The number of thioether (sulfide) groups is 1. The van der Waals surface area contributed by atoms with Crippen molar-refractivity contribution in [3.8, 4) is 11.5 Å². The van der Waals surface area contributed by atoms with Crippen LogP contribution in [0.3, 0.4) is 0 Å². The van der Waals surface area contributed by atoms with Crippen molar-refractivity contribution in [1.82, 2.24) is 4.98 Å². The number of fused-ring (bicyclic) bond motifs is 2. The molecule has 5 aromatic rings. The third-order valence-corrected chi connectivity index (χ3v) is 15.6. The molecule has 2 N–H and O–H groups in total. The second-order valence-electron chi connectivity index (χ2n) is 17.8. The Morgan fingerprint density at radius 1 is 0.921 bits per heavy atom. The molecule has 2 aliphatic rings. The molecule has 1 saturated carbocycles. The molecule has 1 fully saturated rings. The van der Waals surface area contributed by atoms with Gasteiger partial charge in [-0.1, -0.05) is 130 Å². The van der Waals surface area contributed by atoms with E-state index in [1.807, 2.05) is 92.3 Å². The van der Waals surface area contributed by atoms with E-state index in [9.17, 15) is 19.2 Å². The quantitative estimate of drug-likeness (QED) is 0.0662. The molecular weight excluding hydrogens is 846 g/mol. The first-order valence-electron chi connectivity index (χ1n) is 22.5. The highest BCUT2D eigenvalue weighted by molar-refractivity contribution is 7.99. The molecule has 1 aliphatic heterocycles. The number of hydrogen-bond donors (Lipinski definition) is 2. The SMILES string of the molecule is CC(C)(O)c1ccccc1CC[C@@H](SCC1(CC(=O)O)CC1)c1cccc(/C=C/c2ccc3ccc(Cl)cc3n2)c1.CCCCCCCCS(=O)C(C)Cc1ccc2c(c1)OCO2. The van der Waals surface area contributed by atoms with Gasteiger partial charge in [0, 0.05) is 43.2 Å². The van der Waals surface area contributed by atoms with Gasteiger partial charge in [0.25, 0.3) is 0 Å². The van der Waals surface area contributed by atoms with Crippen LogP contribution in [0.5, 0.6) is 11.5 Å². The summed E-state index contributed by atoms with van der Waals surface area (Å²) < 4.78 is 23.0. The second-order valence-corrected chi connectivity index (χ2v) is 21.4. The van der Waals surface area contributed by atoms with Crippen LogP contribution in [0.1, 0.15) is 131 Å². The lowest BCUT2D eigenvalue weighted by Crippen LogP contribution is -2.18. The Hall–Kier alpha value is -4.15. The van der Waals surface area contributed by atoms with Gasteiger partial charge in [0.1, 0.15) is 0 Å². The Balaban J connectivity index is 0.000000253. The van der Waals surface area contributed by atoms with E-state index in [4.69, 9.17) is 26.1 Å². The molecule has 2 unspecified atom stereocenters. The smallest absolute Gasteiger partial charge is 0.303 e. The fraction of sp³-hybridized carbons (Fsp3) is 0.434. The van der Waals surface area contributed by atoms with Gasteiger partial charge in [0.15, 0.2) is 11.5 Å². The number of hydrogen-bond acceptors (Lipinski definition) is 7. The number of nitrogens with zero attached hydrogens (tertiary/aromatic N) is 1. The predicted octanol–water partition coefficient (Wildman–Crippen LogP) is 13.4. The molecule has 7 rings (SSSR count). The number of pyridine rings is 1. The van der Waals surface area contributed by atoms with Gasteiger partial charge in [-0.2, -0.15) is 11.8 Å². The monoisotopic (exact) mass is 909 g/mol. The molecule has 0 spiro atoms. The normalized spacial score (nSPS) is 15.5. The van der Waals surface area contributed by atoms with Crippen LogP contribution in [0, 0.1) is 5.41 Å². The number of unbranched alkanes of at least 4 members (excludes halogenated alkanes) is 5. The minimum atomic E-state index is -0.911. The van der Waals surface area contributed by atoms with Gasteiger partial charge < -0.3 is 19.7 Å². The molecule has 2 heterocycles. The summed E-state index contributed by atoms with van der Waals surface area (Å²) in [5, 5.41) is 22.3. The van der Waals surface area contributed by atoms with Crippen molar-refractivity contribution >= 4 is 63.2 Å². The van der Waals surface area contributed by atoms with E-state index in [2.05, 4.69) is 56.3 Å². The van der Waals surface area contributed by atoms with Crippen molar-refractivity contribution in [3.05, 3.63) is 136 Å². The minimum absolute atomic E-state index is 0.0814. The summed E-state index contributed by atoms with van der Waals surface area (Å²) in [7, 11) is -0.743. The molecule has 0 radical (unpaired) electrons. The highest BCUT2D eigenvalue weighted by atomic mass is 35.5. The van der Waals surface area contributed by atoms with Crippen LogP contribution >= 0.6 is 23.4 Å². The van der Waals surface area contributed by atoms with Crippen LogP contribution in [0.2, 0.25) is 5.02 Å². The lowest BCUT2D eigenvalue weighted by molar-refractivity contribution is -0.138. The maximum absolute atomic E-state index is 12.3. The average Bonchev–Trinajstić information content (AvgIpc) is 3.85. The first-order chi connectivity index (χ1) is 30.3. The molecule has 10 heteroatoms. The molecule has 7 nitrogen and oxygen atoms in total. The lowest BCUT2D eigenvalue weighted by Gasteiger charge is -2.24. The number of aryl methyl sites for hydroxylation is 1. The molecule has 1 aliphatic carbocycles. The third kappa shape index (κ3) is 15.0. The lowest BCUT2D eigenvalue weighted by atomic mass is 9.90. The first-order valence-corrected chi connectivity index (χ1v) is 25.4. The Bertz CT molecular complexity index is 2340. The number of aliphatic hydroxyl groups is 1. The zero-order valence-electron chi connectivity index (χ0n) is 37.3. The molecular formula is C53H64ClNO6S2. The number of carboxylic acids is 1. The highest BCUT2D eigenvalue weighted by Crippen LogP contribution is 2.53. The van der Waals surface area contributed by atoms with Crippen LogP contribution in [0.15, 0.2) is 97.1 Å². The van der Waals surface area contributed by atoms with Crippen molar-refractivity contribution < 1.29 is 28.7 Å². The molecule has 4 aromatic carbocycles. The van der Waals surface area contributed by atoms with Gasteiger partial charge >= 0.3 is 5.97 Å². The van der Waals surface area contributed by atoms with Crippen LogP contribution in [0.25, 0.3) is 23.1 Å². The number of aromatic nitrogens is 1. The minimum Gasteiger partial charge on any atom is -0.481 e. The van der Waals surface area contributed by atoms with Gasteiger partial charge in [-0.3, -0.25) is 9.00 Å². The molecule has 0 saturated heterocycles. The van der Waals surface area contributed by atoms with Crippen molar-refractivity contribution in [2.24, 2.45) is 5.41 Å². The molecule has 3 atom stereocenters. The topological polar surface area (TPSA) is 106 Å². The van der Waals surface area contributed by atoms with Crippen molar-refractivity contribution in [2.45, 2.75) is 121 Å². The number of benzene rings is 4. The zero-order chi connectivity index (χ0) is 44.8. The number of aliphatic carboxylic acids is 1. The van der Waals surface area contributed by atoms with E-state index in [0.717, 1.165) is 94.8 Å². The van der Waals surface area contributed by atoms with E-state index in [1.54, 1.807) is 0 Å². The summed E-state index contributed by atoms with van der Waals surface area (Å²) in [5.41, 5.74) is 6.33. The summed E-state index contributed by atoms with van der Waals surface area (Å²) in [6.45, 7) is 8.27. The number of ether oxygens (including phenoxy) is 2. The average molecular weight is 911 g/mol. The molecule has 0 bridgehead atoms. The van der Waals surface area contributed by atoms with E-state index >= 15 is 0 Å². The summed E-state index contributed by atoms with van der Waals surface area (Å²) >= 11 is 8.04. The molecule has 336 valence electrons. The Morgan fingerprint density at radius 2 is 1.68 bits per heavy atom. The maximum Gasteiger partial charge on any atom is 0.303 e. The number of rotatable bonds is 22. The first kappa shape index (κ1) is 48.3. The summed E-state index contributed by atoms with van der Waals surface area (Å²) in [6.07, 6.45) is 16.3. The fourth-order valence-corrected chi connectivity index (χ4v) is 11.1. The second kappa shape index (κ2) is 23.2. The Labute approximate surface area is 386 Å². The highest BCUT2D eigenvalue weighted by Gasteiger charge is 2.44. The van der Waals surface area contributed by atoms with Gasteiger partial charge in [0.05, 0.1) is 23.2 Å². The zero-order valence-corrected chi connectivity index (χ0v) is 39.7. The number of carboxylic acid groups (broad SMARTS) is 1. The van der Waals surface area contributed by atoms with Gasteiger partial charge in [0.2, 0.25) is 6.79 Å². The number of carbonyl (C=O) groups is 1.